The number of amides is 1. The van der Waals surface area contributed by atoms with E-state index in [1.165, 1.54) is 12.5 Å². The summed E-state index contributed by atoms with van der Waals surface area (Å²) in [5, 5.41) is 6.48. The Labute approximate surface area is 120 Å². The van der Waals surface area contributed by atoms with Crippen molar-refractivity contribution in [3.05, 3.63) is 29.8 Å². The van der Waals surface area contributed by atoms with Gasteiger partial charge in [0, 0.05) is 31.3 Å². The topological polar surface area (TPSA) is 50.4 Å². The highest BCUT2D eigenvalue weighted by atomic mass is 16.5. The van der Waals surface area contributed by atoms with Crippen molar-refractivity contribution in [2.75, 3.05) is 11.9 Å². The van der Waals surface area contributed by atoms with E-state index in [-0.39, 0.29) is 11.9 Å². The van der Waals surface area contributed by atoms with E-state index >= 15 is 0 Å². The molecule has 2 rings (SSSR count). The number of carbonyl (C=O) groups is 1. The molecule has 2 N–H and O–H groups in total. The second-order valence-electron chi connectivity index (χ2n) is 5.60. The Bertz CT molecular complexity index is 462. The third kappa shape index (κ3) is 4.32. The van der Waals surface area contributed by atoms with Gasteiger partial charge in [0.05, 0.1) is 6.10 Å². The highest BCUT2D eigenvalue weighted by Crippen LogP contribution is 2.21. The fourth-order valence-corrected chi connectivity index (χ4v) is 2.69. The molecule has 1 saturated heterocycles. The highest BCUT2D eigenvalue weighted by Gasteiger charge is 2.21. The van der Waals surface area contributed by atoms with Gasteiger partial charge in [-0.2, -0.15) is 0 Å². The van der Waals surface area contributed by atoms with Crippen LogP contribution in [0.2, 0.25) is 0 Å². The molecule has 3 atom stereocenters. The van der Waals surface area contributed by atoms with Crippen LogP contribution in [0.25, 0.3) is 0 Å². The molecular formula is C16H24N2O2. The van der Waals surface area contributed by atoms with Crippen molar-refractivity contribution in [3.63, 3.8) is 0 Å². The minimum absolute atomic E-state index is 0.0407. The van der Waals surface area contributed by atoms with E-state index < -0.39 is 0 Å². The summed E-state index contributed by atoms with van der Waals surface area (Å²) in [6.45, 7) is 6.64. The first-order valence-electron chi connectivity index (χ1n) is 7.30. The van der Waals surface area contributed by atoms with Gasteiger partial charge in [-0.3, -0.25) is 4.79 Å². The molecule has 1 heterocycles. The maximum absolute atomic E-state index is 11.1. The van der Waals surface area contributed by atoms with E-state index in [0.717, 1.165) is 25.1 Å². The number of anilines is 1. The van der Waals surface area contributed by atoms with Gasteiger partial charge in [0.15, 0.2) is 0 Å². The molecule has 3 unspecified atom stereocenters. The number of rotatable bonds is 4. The van der Waals surface area contributed by atoms with Crippen molar-refractivity contribution >= 4 is 11.6 Å². The standard InChI is InChI=1S/C16H24N2O2/c1-11-9-16(7-8-20-11)17-12(2)14-5-4-6-15(10-14)18-13(3)19/h4-6,10-12,16-17H,7-9H2,1-3H3,(H,18,19). The van der Waals surface area contributed by atoms with Gasteiger partial charge in [-0.25, -0.2) is 0 Å². The predicted octanol–water partition coefficient (Wildman–Crippen LogP) is 2.86. The third-order valence-corrected chi connectivity index (χ3v) is 3.68. The average Bonchev–Trinajstić information content (AvgIpc) is 2.38. The summed E-state index contributed by atoms with van der Waals surface area (Å²) < 4.78 is 5.57. The van der Waals surface area contributed by atoms with Crippen molar-refractivity contribution in [1.29, 1.82) is 0 Å². The quantitative estimate of drug-likeness (QED) is 0.889. The number of hydrogen-bond acceptors (Lipinski definition) is 3. The summed E-state index contributed by atoms with van der Waals surface area (Å²) in [5.74, 6) is -0.0407. The van der Waals surface area contributed by atoms with Crippen LogP contribution in [0.3, 0.4) is 0 Å². The molecule has 1 fully saturated rings. The molecule has 0 bridgehead atoms. The summed E-state index contributed by atoms with van der Waals surface area (Å²) >= 11 is 0. The molecule has 0 spiro atoms. The Morgan fingerprint density at radius 2 is 2.25 bits per heavy atom. The van der Waals surface area contributed by atoms with Gasteiger partial charge in [0.1, 0.15) is 0 Å². The fraction of sp³-hybridized carbons (Fsp3) is 0.562. The smallest absolute Gasteiger partial charge is 0.221 e. The molecule has 4 nitrogen and oxygen atoms in total. The van der Waals surface area contributed by atoms with Gasteiger partial charge in [0.25, 0.3) is 0 Å². The zero-order valence-electron chi connectivity index (χ0n) is 12.5. The average molecular weight is 276 g/mol. The van der Waals surface area contributed by atoms with E-state index in [1.807, 2.05) is 18.2 Å². The monoisotopic (exact) mass is 276 g/mol. The first-order chi connectivity index (χ1) is 9.54. The van der Waals surface area contributed by atoms with Gasteiger partial charge >= 0.3 is 0 Å². The summed E-state index contributed by atoms with van der Waals surface area (Å²) in [4.78, 5) is 11.1. The number of ether oxygens (including phenoxy) is 1. The van der Waals surface area contributed by atoms with Crippen LogP contribution in [0.1, 0.15) is 45.2 Å². The molecule has 1 amide bonds. The third-order valence-electron chi connectivity index (χ3n) is 3.68. The van der Waals surface area contributed by atoms with Crippen molar-refractivity contribution in [3.8, 4) is 0 Å². The molecule has 0 aromatic heterocycles. The lowest BCUT2D eigenvalue weighted by molar-refractivity contribution is -0.114. The summed E-state index contributed by atoms with van der Waals surface area (Å²) in [7, 11) is 0. The molecule has 4 heteroatoms. The van der Waals surface area contributed by atoms with Crippen LogP contribution in [-0.2, 0) is 9.53 Å². The van der Waals surface area contributed by atoms with Gasteiger partial charge in [0.2, 0.25) is 5.91 Å². The van der Waals surface area contributed by atoms with E-state index in [9.17, 15) is 4.79 Å². The van der Waals surface area contributed by atoms with E-state index in [1.54, 1.807) is 0 Å². The number of hydrogen-bond donors (Lipinski definition) is 2. The fourth-order valence-electron chi connectivity index (χ4n) is 2.69. The summed E-state index contributed by atoms with van der Waals surface area (Å²) in [6, 6.07) is 8.77. The largest absolute Gasteiger partial charge is 0.378 e. The normalized spacial score (nSPS) is 24.1. The van der Waals surface area contributed by atoms with Gasteiger partial charge in [-0.05, 0) is 44.4 Å². The van der Waals surface area contributed by atoms with Gasteiger partial charge in [-0.15, -0.1) is 0 Å². The minimum Gasteiger partial charge on any atom is -0.378 e. The first-order valence-corrected chi connectivity index (χ1v) is 7.30. The van der Waals surface area contributed by atoms with Crippen LogP contribution in [0, 0.1) is 0 Å². The van der Waals surface area contributed by atoms with Gasteiger partial charge in [-0.1, -0.05) is 12.1 Å². The van der Waals surface area contributed by atoms with Crippen molar-refractivity contribution in [1.82, 2.24) is 5.32 Å². The SMILES string of the molecule is CC(=O)Nc1cccc(C(C)NC2CCOC(C)C2)c1. The summed E-state index contributed by atoms with van der Waals surface area (Å²) in [6.07, 6.45) is 2.44. The Balaban J connectivity index is 1.97. The Kier molecular flexibility index (Phi) is 5.15. The van der Waals surface area contributed by atoms with Crippen molar-refractivity contribution in [2.24, 2.45) is 0 Å². The maximum Gasteiger partial charge on any atom is 0.221 e. The zero-order valence-corrected chi connectivity index (χ0v) is 12.5. The second-order valence-corrected chi connectivity index (χ2v) is 5.60. The lowest BCUT2D eigenvalue weighted by atomic mass is 10.0. The maximum atomic E-state index is 11.1. The Morgan fingerprint density at radius 3 is 2.95 bits per heavy atom. The predicted molar refractivity (Wildman–Crippen MR) is 80.7 cm³/mol. The first kappa shape index (κ1) is 15.0. The number of benzene rings is 1. The van der Waals surface area contributed by atoms with Crippen LogP contribution in [0.15, 0.2) is 24.3 Å². The highest BCUT2D eigenvalue weighted by molar-refractivity contribution is 5.88. The molecule has 0 saturated carbocycles. The van der Waals surface area contributed by atoms with Crippen LogP contribution in [-0.4, -0.2) is 24.7 Å². The van der Waals surface area contributed by atoms with E-state index in [0.29, 0.717) is 12.1 Å². The molecule has 1 aromatic carbocycles. The van der Waals surface area contributed by atoms with Crippen molar-refractivity contribution in [2.45, 2.75) is 51.8 Å². The number of nitrogens with one attached hydrogen (secondary N) is 2. The van der Waals surface area contributed by atoms with Crippen LogP contribution in [0.5, 0.6) is 0 Å². The van der Waals surface area contributed by atoms with E-state index in [2.05, 4.69) is 30.5 Å². The Morgan fingerprint density at radius 1 is 1.45 bits per heavy atom. The molecule has 20 heavy (non-hydrogen) atoms. The van der Waals surface area contributed by atoms with Crippen molar-refractivity contribution < 1.29 is 9.53 Å². The van der Waals surface area contributed by atoms with E-state index in [4.69, 9.17) is 4.74 Å². The number of carbonyl (C=O) groups excluding carboxylic acids is 1. The molecule has 1 aliphatic rings. The zero-order chi connectivity index (χ0) is 14.5. The molecule has 0 aliphatic carbocycles. The second kappa shape index (κ2) is 6.86. The molecule has 0 radical (unpaired) electrons. The molecule has 110 valence electrons. The Hall–Kier alpha value is -1.39. The molecule has 1 aromatic rings. The molecular weight excluding hydrogens is 252 g/mol. The van der Waals surface area contributed by atoms with Crippen LogP contribution in [0.4, 0.5) is 5.69 Å². The lowest BCUT2D eigenvalue weighted by Crippen LogP contribution is -2.39. The molecule has 1 aliphatic heterocycles. The summed E-state index contributed by atoms with van der Waals surface area (Å²) in [5.41, 5.74) is 2.04. The van der Waals surface area contributed by atoms with Crippen LogP contribution < -0.4 is 10.6 Å². The van der Waals surface area contributed by atoms with Crippen LogP contribution >= 0.6 is 0 Å². The lowest BCUT2D eigenvalue weighted by Gasteiger charge is -2.30. The minimum atomic E-state index is -0.0407. The van der Waals surface area contributed by atoms with Gasteiger partial charge < -0.3 is 15.4 Å².